The van der Waals surface area contributed by atoms with Crippen molar-refractivity contribution >= 4 is 16.7 Å². The van der Waals surface area contributed by atoms with Crippen LogP contribution in [-0.4, -0.2) is 10.8 Å². The third-order valence-corrected chi connectivity index (χ3v) is 2.36. The molecule has 2 rings (SSSR count). The number of ketones is 1. The Morgan fingerprint density at radius 2 is 2.07 bits per heavy atom. The van der Waals surface area contributed by atoms with Crippen LogP contribution in [0.3, 0.4) is 0 Å². The summed E-state index contributed by atoms with van der Waals surface area (Å²) in [6.07, 6.45) is 1.88. The van der Waals surface area contributed by atoms with Crippen molar-refractivity contribution in [2.24, 2.45) is 5.92 Å². The predicted molar refractivity (Wildman–Crippen MR) is 57.5 cm³/mol. The van der Waals surface area contributed by atoms with Crippen molar-refractivity contribution in [3.05, 3.63) is 36.0 Å². The normalized spacial score (nSPS) is 11.1. The fraction of sp³-hybridized carbons (Fsp3) is 0.250. The lowest BCUT2D eigenvalue weighted by molar-refractivity contribution is 0.0939. The van der Waals surface area contributed by atoms with Crippen molar-refractivity contribution in [2.45, 2.75) is 13.8 Å². The number of fused-ring (bicyclic) bond motifs is 1. The lowest BCUT2D eigenvalue weighted by Gasteiger charge is -2.03. The first kappa shape index (κ1) is 9.00. The van der Waals surface area contributed by atoms with E-state index >= 15 is 0 Å². The Kier molecular flexibility index (Phi) is 2.12. The molecular weight excluding hydrogens is 174 g/mol. The van der Waals surface area contributed by atoms with Gasteiger partial charge in [0.2, 0.25) is 0 Å². The molecule has 0 atom stereocenters. The molecule has 0 radical (unpaired) electrons. The van der Waals surface area contributed by atoms with Gasteiger partial charge in [-0.2, -0.15) is 0 Å². The highest BCUT2D eigenvalue weighted by Gasteiger charge is 2.10. The quantitative estimate of drug-likeness (QED) is 0.720. The number of Topliss-reactive ketones (excluding diaryl/α,β-unsaturated/α-hetero) is 1. The Bertz CT molecular complexity index is 468. The van der Waals surface area contributed by atoms with Crippen LogP contribution in [0.4, 0.5) is 0 Å². The monoisotopic (exact) mass is 187 g/mol. The van der Waals surface area contributed by atoms with E-state index in [1.165, 1.54) is 0 Å². The molecule has 72 valence electrons. The maximum Gasteiger partial charge on any atom is 0.165 e. The van der Waals surface area contributed by atoms with Gasteiger partial charge in [0.05, 0.1) is 0 Å². The highest BCUT2D eigenvalue weighted by molar-refractivity contribution is 6.00. The third kappa shape index (κ3) is 1.43. The van der Waals surface area contributed by atoms with E-state index in [0.717, 1.165) is 16.5 Å². The van der Waals surface area contributed by atoms with Gasteiger partial charge in [0.15, 0.2) is 5.78 Å². The van der Waals surface area contributed by atoms with Crippen molar-refractivity contribution in [1.29, 1.82) is 0 Å². The summed E-state index contributed by atoms with van der Waals surface area (Å²) in [7, 11) is 0. The minimum atomic E-state index is 0.0615. The van der Waals surface area contributed by atoms with Crippen LogP contribution < -0.4 is 0 Å². The number of carbonyl (C=O) groups excluding carboxylic acids is 1. The highest BCUT2D eigenvalue weighted by atomic mass is 16.1. The summed E-state index contributed by atoms with van der Waals surface area (Å²) in [5.41, 5.74) is 1.87. The molecule has 0 saturated heterocycles. The van der Waals surface area contributed by atoms with E-state index in [9.17, 15) is 4.79 Å². The van der Waals surface area contributed by atoms with Crippen molar-refractivity contribution in [1.82, 2.24) is 4.98 Å². The fourth-order valence-electron chi connectivity index (χ4n) is 1.54. The summed E-state index contributed by atoms with van der Waals surface area (Å²) in [6, 6.07) is 7.74. The Hall–Kier alpha value is -1.57. The highest BCUT2D eigenvalue weighted by Crippen LogP contribution is 2.16. The molecule has 0 spiro atoms. The minimum Gasteiger partial charge on any atom is -0.361 e. The van der Waals surface area contributed by atoms with Crippen molar-refractivity contribution in [3.8, 4) is 0 Å². The summed E-state index contributed by atoms with van der Waals surface area (Å²) >= 11 is 0. The van der Waals surface area contributed by atoms with E-state index in [1.807, 2.05) is 44.3 Å². The van der Waals surface area contributed by atoms with E-state index in [1.54, 1.807) is 0 Å². The summed E-state index contributed by atoms with van der Waals surface area (Å²) in [5, 5.41) is 1.09. The Balaban J connectivity index is 2.48. The predicted octanol–water partition coefficient (Wildman–Crippen LogP) is 3.01. The van der Waals surface area contributed by atoms with E-state index in [4.69, 9.17) is 0 Å². The number of aromatic nitrogens is 1. The van der Waals surface area contributed by atoms with Crippen LogP contribution in [0.15, 0.2) is 30.5 Å². The lowest BCUT2D eigenvalue weighted by Crippen LogP contribution is -2.06. The molecular formula is C12H13NO. The van der Waals surface area contributed by atoms with Gasteiger partial charge in [0.1, 0.15) is 0 Å². The first-order valence-electron chi connectivity index (χ1n) is 4.80. The number of carbonyl (C=O) groups is 1. The van der Waals surface area contributed by atoms with Crippen LogP contribution >= 0.6 is 0 Å². The number of hydrogen-bond donors (Lipinski definition) is 1. The lowest BCUT2D eigenvalue weighted by atomic mass is 10.0. The number of aromatic amines is 1. The molecule has 2 heteroatoms. The smallest absolute Gasteiger partial charge is 0.165 e. The van der Waals surface area contributed by atoms with Gasteiger partial charge in [-0.05, 0) is 24.3 Å². The van der Waals surface area contributed by atoms with Crippen LogP contribution in [0, 0.1) is 5.92 Å². The summed E-state index contributed by atoms with van der Waals surface area (Å²) < 4.78 is 0. The fourth-order valence-corrected chi connectivity index (χ4v) is 1.54. The molecule has 0 aliphatic carbocycles. The molecule has 2 nitrogen and oxygen atoms in total. The SMILES string of the molecule is CC(C)C(=O)c1ccc2[nH]ccc2c1. The maximum absolute atomic E-state index is 11.7. The molecule has 1 heterocycles. The Morgan fingerprint density at radius 1 is 1.29 bits per heavy atom. The molecule has 2 aromatic rings. The summed E-state index contributed by atoms with van der Waals surface area (Å²) in [4.78, 5) is 14.8. The molecule has 0 bridgehead atoms. The molecule has 14 heavy (non-hydrogen) atoms. The number of H-pyrrole nitrogens is 1. The second-order valence-corrected chi connectivity index (χ2v) is 3.80. The van der Waals surface area contributed by atoms with E-state index in [0.29, 0.717) is 0 Å². The number of rotatable bonds is 2. The third-order valence-electron chi connectivity index (χ3n) is 2.36. The Morgan fingerprint density at radius 3 is 2.79 bits per heavy atom. The van der Waals surface area contributed by atoms with Crippen molar-refractivity contribution in [3.63, 3.8) is 0 Å². The van der Waals surface area contributed by atoms with Crippen LogP contribution in [0.5, 0.6) is 0 Å². The molecule has 1 aromatic carbocycles. The largest absolute Gasteiger partial charge is 0.361 e. The Labute approximate surface area is 82.9 Å². The molecule has 0 unspecified atom stereocenters. The van der Waals surface area contributed by atoms with Crippen LogP contribution in [0.2, 0.25) is 0 Å². The zero-order chi connectivity index (χ0) is 10.1. The second kappa shape index (κ2) is 3.29. The zero-order valence-electron chi connectivity index (χ0n) is 8.37. The van der Waals surface area contributed by atoms with Gasteiger partial charge in [0, 0.05) is 28.6 Å². The first-order valence-corrected chi connectivity index (χ1v) is 4.80. The molecule has 0 amide bonds. The van der Waals surface area contributed by atoms with Crippen LogP contribution in [0.25, 0.3) is 10.9 Å². The molecule has 0 fully saturated rings. The van der Waals surface area contributed by atoms with Crippen LogP contribution in [0.1, 0.15) is 24.2 Å². The van der Waals surface area contributed by atoms with Crippen molar-refractivity contribution in [2.75, 3.05) is 0 Å². The van der Waals surface area contributed by atoms with Crippen LogP contribution in [-0.2, 0) is 0 Å². The number of hydrogen-bond acceptors (Lipinski definition) is 1. The van der Waals surface area contributed by atoms with Gasteiger partial charge >= 0.3 is 0 Å². The number of nitrogens with one attached hydrogen (secondary N) is 1. The first-order chi connectivity index (χ1) is 6.68. The molecule has 1 N–H and O–H groups in total. The molecule has 0 aliphatic heterocycles. The van der Waals surface area contributed by atoms with Crippen molar-refractivity contribution < 1.29 is 4.79 Å². The maximum atomic E-state index is 11.7. The average Bonchev–Trinajstić information content (AvgIpc) is 2.62. The zero-order valence-corrected chi connectivity index (χ0v) is 8.37. The van der Waals surface area contributed by atoms with Gasteiger partial charge in [-0.1, -0.05) is 13.8 Å². The topological polar surface area (TPSA) is 32.9 Å². The molecule has 0 aliphatic rings. The van der Waals surface area contributed by atoms with Gasteiger partial charge in [-0.25, -0.2) is 0 Å². The van der Waals surface area contributed by atoms with Gasteiger partial charge in [-0.15, -0.1) is 0 Å². The summed E-state index contributed by atoms with van der Waals surface area (Å²) in [6.45, 7) is 3.84. The van der Waals surface area contributed by atoms with Gasteiger partial charge < -0.3 is 4.98 Å². The van der Waals surface area contributed by atoms with Gasteiger partial charge in [0.25, 0.3) is 0 Å². The van der Waals surface area contributed by atoms with E-state index in [-0.39, 0.29) is 11.7 Å². The molecule has 0 saturated carbocycles. The summed E-state index contributed by atoms with van der Waals surface area (Å²) in [5.74, 6) is 0.263. The standard InChI is InChI=1S/C12H13NO/c1-8(2)12(14)10-3-4-11-9(7-10)5-6-13-11/h3-8,13H,1-2H3. The number of benzene rings is 1. The van der Waals surface area contributed by atoms with E-state index in [2.05, 4.69) is 4.98 Å². The second-order valence-electron chi connectivity index (χ2n) is 3.80. The molecule has 1 aromatic heterocycles. The van der Waals surface area contributed by atoms with Gasteiger partial charge in [-0.3, -0.25) is 4.79 Å². The minimum absolute atomic E-state index is 0.0615. The van der Waals surface area contributed by atoms with E-state index < -0.39 is 0 Å². The average molecular weight is 187 g/mol.